The van der Waals surface area contributed by atoms with Crippen LogP contribution in [0.25, 0.3) is 0 Å². The summed E-state index contributed by atoms with van der Waals surface area (Å²) in [6.07, 6.45) is 0. The Labute approximate surface area is 158 Å². The molecule has 1 amide bonds. The first-order chi connectivity index (χ1) is 11.4. The Kier molecular flexibility index (Phi) is 6.59. The van der Waals surface area contributed by atoms with Gasteiger partial charge in [0.2, 0.25) is 0 Å². The van der Waals surface area contributed by atoms with Gasteiger partial charge in [-0.05, 0) is 0 Å². The Bertz CT molecular complexity index is 667. The first-order valence-electron chi connectivity index (χ1n) is 7.27. The number of hydrogen-bond acceptors (Lipinski definition) is 6. The van der Waals surface area contributed by atoms with Crippen LogP contribution >= 0.6 is 8.24 Å². The van der Waals surface area contributed by atoms with Crippen LogP contribution in [0.3, 0.4) is 0 Å². The molecule has 0 aliphatic carbocycles. The molecule has 1 aliphatic heterocycles. The number of ketones is 1. The third kappa shape index (κ3) is 3.89. The maximum atomic E-state index is 12.4. The van der Waals surface area contributed by atoms with Crippen molar-refractivity contribution < 1.29 is 43.7 Å². The molecule has 3 unspecified atom stereocenters. The van der Waals surface area contributed by atoms with Gasteiger partial charge in [0.05, 0.1) is 0 Å². The number of Topliss-reactive ketones (excluding diaryl/α,β-unsaturated/α-hetero) is 1. The van der Waals surface area contributed by atoms with Crippen molar-refractivity contribution in [1.82, 2.24) is 4.90 Å². The number of likely N-dealkylation sites (tertiary alicyclic amines) is 1. The molecule has 0 spiro atoms. The second-order valence-corrected chi connectivity index (χ2v) is 10.2. The fourth-order valence-electron chi connectivity index (χ4n) is 2.44. The number of nitrogens with zero attached hydrogens (tertiary/aromatic N) is 1. The zero-order valence-corrected chi connectivity index (χ0v) is 19.6. The van der Waals surface area contributed by atoms with E-state index in [4.69, 9.17) is 10.5 Å². The van der Waals surface area contributed by atoms with Crippen molar-refractivity contribution in [2.75, 3.05) is 6.61 Å². The van der Waals surface area contributed by atoms with Gasteiger partial charge >= 0.3 is 159 Å². The van der Waals surface area contributed by atoms with Crippen molar-refractivity contribution in [3.8, 4) is 0 Å². The van der Waals surface area contributed by atoms with E-state index in [1.807, 2.05) is 0 Å². The van der Waals surface area contributed by atoms with E-state index in [9.17, 15) is 14.4 Å². The van der Waals surface area contributed by atoms with Crippen LogP contribution in [0.15, 0.2) is 42.5 Å². The van der Waals surface area contributed by atoms with Gasteiger partial charge in [-0.15, -0.1) is 0 Å². The molecule has 2 rings (SSSR count). The van der Waals surface area contributed by atoms with Gasteiger partial charge in [-0.25, -0.2) is 0 Å². The topological polar surface area (TPSA) is 89.7 Å². The van der Waals surface area contributed by atoms with Crippen LogP contribution in [0, 0.1) is 0 Å². The Hall–Kier alpha value is -1.18. The van der Waals surface area contributed by atoms with Crippen LogP contribution in [0.5, 0.6) is 0 Å². The predicted octanol–water partition coefficient (Wildman–Crippen LogP) is 1.05. The summed E-state index contributed by atoms with van der Waals surface area (Å²) in [7, 11) is 1.57. The molecule has 0 aromatic heterocycles. The summed E-state index contributed by atoms with van der Waals surface area (Å²) in [4.78, 5) is 37.9. The quantitative estimate of drug-likeness (QED) is 0.185. The third-order valence-electron chi connectivity index (χ3n) is 3.70. The third-order valence-corrected chi connectivity index (χ3v) is 8.55. The van der Waals surface area contributed by atoms with Crippen molar-refractivity contribution in [1.29, 1.82) is 0 Å². The van der Waals surface area contributed by atoms with Gasteiger partial charge in [-0.3, -0.25) is 0 Å². The molecule has 3 atom stereocenters. The summed E-state index contributed by atoms with van der Waals surface area (Å²) in [6.45, 7) is 5.06. The first kappa shape index (κ1) is 19.1. The molecule has 0 saturated carbocycles. The van der Waals surface area contributed by atoms with Crippen molar-refractivity contribution in [2.24, 2.45) is 5.73 Å². The number of rotatable bonds is 7. The maximum absolute atomic E-state index is 12.4. The van der Waals surface area contributed by atoms with Crippen LogP contribution in [-0.4, -0.2) is 46.6 Å². The SMILES string of the molecule is C=C(C)C(C(=O)OCC(=O)c1ccccc1)N1C(=O)C(N)C1[S][Hg+]. The molecular formula is C16H17HgN2O4S+. The molecule has 8 heteroatoms. The van der Waals surface area contributed by atoms with Crippen molar-refractivity contribution in [3.63, 3.8) is 0 Å². The Morgan fingerprint density at radius 3 is 2.58 bits per heavy atom. The van der Waals surface area contributed by atoms with Crippen LogP contribution < -0.4 is 5.73 Å². The van der Waals surface area contributed by atoms with Crippen molar-refractivity contribution in [2.45, 2.75) is 24.4 Å². The fraction of sp³-hybridized carbons (Fsp3) is 0.312. The summed E-state index contributed by atoms with van der Waals surface area (Å²) >= 11 is 0.366. The van der Waals surface area contributed by atoms with E-state index >= 15 is 0 Å². The van der Waals surface area contributed by atoms with Gasteiger partial charge in [0.25, 0.3) is 0 Å². The molecule has 1 heterocycles. The van der Waals surface area contributed by atoms with Crippen LogP contribution in [0.2, 0.25) is 0 Å². The minimum atomic E-state index is -0.901. The zero-order chi connectivity index (χ0) is 17.9. The molecule has 1 aliphatic rings. The van der Waals surface area contributed by atoms with Gasteiger partial charge < -0.3 is 0 Å². The monoisotopic (exact) mass is 535 g/mol. The number of hydrogen-bond donors (Lipinski definition) is 1. The molecular weight excluding hydrogens is 517 g/mol. The molecule has 1 fully saturated rings. The molecule has 1 aromatic rings. The summed E-state index contributed by atoms with van der Waals surface area (Å²) in [6, 6.07) is 7.09. The number of esters is 1. The molecule has 1 aromatic carbocycles. The molecule has 0 radical (unpaired) electrons. The van der Waals surface area contributed by atoms with E-state index in [0.717, 1.165) is 0 Å². The molecule has 6 nitrogen and oxygen atoms in total. The summed E-state index contributed by atoms with van der Waals surface area (Å²) in [5.41, 5.74) is 6.74. The Balaban J connectivity index is 2.04. The number of carbonyl (C=O) groups excluding carboxylic acids is 3. The van der Waals surface area contributed by atoms with Crippen molar-refractivity contribution >= 4 is 25.9 Å². The van der Waals surface area contributed by atoms with E-state index in [1.165, 1.54) is 4.90 Å². The van der Waals surface area contributed by atoms with Crippen LogP contribution in [0.1, 0.15) is 17.3 Å². The zero-order valence-electron chi connectivity index (χ0n) is 13.3. The number of amides is 1. The number of ether oxygens (including phenoxy) is 1. The number of nitrogens with two attached hydrogens (primary N) is 1. The molecule has 122 valence electrons. The standard InChI is InChI=1S/C16H18N2O4S.Hg/c1-9(2)13(18-14(20)12(17)15(18)23)16(21)22-8-11(19)10-6-4-3-5-7-10;/h3-7,12-13,15,23H,1,8,17H2,2H3;/q;+2/p-1. The van der Waals surface area contributed by atoms with Crippen molar-refractivity contribution in [3.05, 3.63) is 48.0 Å². The summed E-state index contributed by atoms with van der Waals surface area (Å²) in [5.74, 6) is -1.25. The van der Waals surface area contributed by atoms with E-state index in [2.05, 4.69) is 6.58 Å². The first-order valence-corrected chi connectivity index (χ1v) is 15.1. The van der Waals surface area contributed by atoms with E-state index in [1.54, 1.807) is 45.5 Å². The second kappa shape index (κ2) is 8.27. The van der Waals surface area contributed by atoms with Gasteiger partial charge in [-0.2, -0.15) is 0 Å². The van der Waals surface area contributed by atoms with Gasteiger partial charge in [0.1, 0.15) is 0 Å². The Morgan fingerprint density at radius 2 is 2.04 bits per heavy atom. The van der Waals surface area contributed by atoms with E-state index in [-0.39, 0.29) is 23.7 Å². The average Bonchev–Trinajstić information content (AvgIpc) is 2.59. The van der Waals surface area contributed by atoms with Gasteiger partial charge in [0.15, 0.2) is 0 Å². The van der Waals surface area contributed by atoms with Gasteiger partial charge in [0, 0.05) is 0 Å². The Morgan fingerprint density at radius 1 is 1.42 bits per heavy atom. The predicted molar refractivity (Wildman–Crippen MR) is 86.5 cm³/mol. The van der Waals surface area contributed by atoms with Crippen LogP contribution in [0.4, 0.5) is 0 Å². The molecule has 0 bridgehead atoms. The second-order valence-electron chi connectivity index (χ2n) is 5.47. The molecule has 24 heavy (non-hydrogen) atoms. The minimum absolute atomic E-state index is 0.222. The number of β-lactam (4-membered cyclic amide) rings is 1. The normalized spacial score (nSPS) is 21.0. The van der Waals surface area contributed by atoms with E-state index < -0.39 is 18.1 Å². The van der Waals surface area contributed by atoms with E-state index in [0.29, 0.717) is 35.7 Å². The summed E-state index contributed by atoms with van der Waals surface area (Å²) < 4.78 is 5.14. The number of benzene rings is 1. The fourth-order valence-corrected chi connectivity index (χ4v) is 7.44. The average molecular weight is 534 g/mol. The molecule has 1 saturated heterocycles. The van der Waals surface area contributed by atoms with Crippen LogP contribution in [-0.2, 0) is 38.9 Å². The van der Waals surface area contributed by atoms with Gasteiger partial charge in [-0.1, -0.05) is 0 Å². The summed E-state index contributed by atoms with van der Waals surface area (Å²) in [5, 5.41) is -0.222. The molecule has 2 N–H and O–H groups in total. The number of carbonyl (C=O) groups is 3.